The number of rotatable bonds is 3. The van der Waals surface area contributed by atoms with E-state index in [0.717, 1.165) is 24.3 Å². The Labute approximate surface area is 94.5 Å². The quantitative estimate of drug-likeness (QED) is 0.794. The third-order valence-electron chi connectivity index (χ3n) is 1.89. The summed E-state index contributed by atoms with van der Waals surface area (Å²) in [5.74, 6) is -0.445. The van der Waals surface area contributed by atoms with E-state index in [2.05, 4.69) is 4.74 Å². The van der Waals surface area contributed by atoms with Crippen LogP contribution in [0.4, 0.5) is 13.2 Å². The summed E-state index contributed by atoms with van der Waals surface area (Å²) in [6, 6.07) is 5.64. The second-order valence-corrected chi connectivity index (χ2v) is 3.14. The van der Waals surface area contributed by atoms with Crippen LogP contribution in [0.5, 0.6) is 5.75 Å². The molecule has 0 saturated heterocycles. The second-order valence-electron chi connectivity index (χ2n) is 3.14. The highest BCUT2D eigenvalue weighted by Gasteiger charge is 2.31. The molecule has 0 aliphatic carbocycles. The van der Waals surface area contributed by atoms with Crippen molar-refractivity contribution in [1.29, 1.82) is 5.26 Å². The molecule has 0 saturated carbocycles. The van der Waals surface area contributed by atoms with Crippen LogP contribution >= 0.6 is 0 Å². The van der Waals surface area contributed by atoms with Crippen molar-refractivity contribution in [3.8, 4) is 11.8 Å². The molecule has 1 aromatic rings. The molecule has 1 rings (SSSR count). The van der Waals surface area contributed by atoms with Gasteiger partial charge in [0.05, 0.1) is 6.07 Å². The summed E-state index contributed by atoms with van der Waals surface area (Å²) < 4.78 is 39.1. The molecular formula is C10H8F3NO3. The van der Waals surface area contributed by atoms with E-state index in [1.807, 2.05) is 0 Å². The van der Waals surface area contributed by atoms with Crippen molar-refractivity contribution in [3.05, 3.63) is 29.8 Å². The number of ether oxygens (including phenoxy) is 1. The first-order valence-electron chi connectivity index (χ1n) is 4.45. The molecule has 0 heterocycles. The minimum atomic E-state index is -4.79. The highest BCUT2D eigenvalue weighted by Crippen LogP contribution is 2.25. The highest BCUT2D eigenvalue weighted by molar-refractivity contribution is 5.29. The first kappa shape index (κ1) is 13.3. The van der Waals surface area contributed by atoms with Gasteiger partial charge in [-0.2, -0.15) is 5.26 Å². The fourth-order valence-electron chi connectivity index (χ4n) is 1.12. The number of nitrogens with zero attached hydrogens (tertiary/aromatic N) is 1. The molecule has 7 heteroatoms. The van der Waals surface area contributed by atoms with Crippen molar-refractivity contribution in [3.63, 3.8) is 0 Å². The Morgan fingerprint density at radius 1 is 1.18 bits per heavy atom. The van der Waals surface area contributed by atoms with Crippen LogP contribution < -0.4 is 4.74 Å². The van der Waals surface area contributed by atoms with Crippen LogP contribution in [0.3, 0.4) is 0 Å². The molecule has 0 aliphatic rings. The van der Waals surface area contributed by atoms with Crippen LogP contribution in [0.1, 0.15) is 11.7 Å². The fourth-order valence-corrected chi connectivity index (χ4v) is 1.12. The van der Waals surface area contributed by atoms with Crippen molar-refractivity contribution in [2.45, 2.75) is 18.6 Å². The molecule has 2 atom stereocenters. The van der Waals surface area contributed by atoms with Gasteiger partial charge in [-0.25, -0.2) is 0 Å². The summed E-state index contributed by atoms with van der Waals surface area (Å²) in [4.78, 5) is 0. The molecule has 0 fully saturated rings. The maximum absolute atomic E-state index is 11.8. The summed E-state index contributed by atoms with van der Waals surface area (Å²) >= 11 is 0. The molecule has 0 radical (unpaired) electrons. The van der Waals surface area contributed by atoms with Crippen LogP contribution in [-0.2, 0) is 0 Å². The number of halogens is 3. The lowest BCUT2D eigenvalue weighted by Crippen LogP contribution is -2.18. The number of aliphatic hydroxyl groups excluding tert-OH is 2. The van der Waals surface area contributed by atoms with Crippen molar-refractivity contribution >= 4 is 0 Å². The van der Waals surface area contributed by atoms with E-state index in [-0.39, 0.29) is 5.56 Å². The van der Waals surface area contributed by atoms with Gasteiger partial charge in [0.15, 0.2) is 6.10 Å². The average Bonchev–Trinajstić information content (AvgIpc) is 2.26. The Morgan fingerprint density at radius 2 is 1.71 bits per heavy atom. The molecule has 17 heavy (non-hydrogen) atoms. The van der Waals surface area contributed by atoms with E-state index in [0.29, 0.717) is 0 Å². The average molecular weight is 247 g/mol. The molecule has 4 nitrogen and oxygen atoms in total. The summed E-state index contributed by atoms with van der Waals surface area (Å²) in [5.41, 5.74) is 0.119. The minimum Gasteiger partial charge on any atom is -0.406 e. The topological polar surface area (TPSA) is 73.5 Å². The molecule has 1 aromatic carbocycles. The van der Waals surface area contributed by atoms with E-state index in [1.165, 1.54) is 6.07 Å². The largest absolute Gasteiger partial charge is 0.573 e. The maximum atomic E-state index is 11.8. The van der Waals surface area contributed by atoms with Gasteiger partial charge in [0, 0.05) is 0 Å². The Kier molecular flexibility index (Phi) is 3.93. The van der Waals surface area contributed by atoms with Crippen LogP contribution in [0.25, 0.3) is 0 Å². The lowest BCUT2D eigenvalue weighted by Gasteiger charge is -2.13. The van der Waals surface area contributed by atoms with Gasteiger partial charge in [-0.3, -0.25) is 0 Å². The second kappa shape index (κ2) is 5.03. The molecule has 2 unspecified atom stereocenters. The summed E-state index contributed by atoms with van der Waals surface area (Å²) in [5, 5.41) is 26.7. The maximum Gasteiger partial charge on any atom is 0.573 e. The van der Waals surface area contributed by atoms with Gasteiger partial charge in [-0.05, 0) is 17.7 Å². The summed E-state index contributed by atoms with van der Waals surface area (Å²) in [7, 11) is 0. The molecule has 0 amide bonds. The Hall–Kier alpha value is -1.78. The van der Waals surface area contributed by atoms with Crippen molar-refractivity contribution < 1.29 is 28.1 Å². The Bertz CT molecular complexity index is 410. The van der Waals surface area contributed by atoms with Gasteiger partial charge in [0.1, 0.15) is 11.9 Å². The van der Waals surface area contributed by atoms with Crippen LogP contribution in [0.2, 0.25) is 0 Å². The monoisotopic (exact) mass is 247 g/mol. The first-order chi connectivity index (χ1) is 7.83. The van der Waals surface area contributed by atoms with Crippen LogP contribution in [0.15, 0.2) is 24.3 Å². The normalized spacial score (nSPS) is 14.8. The van der Waals surface area contributed by atoms with E-state index >= 15 is 0 Å². The van der Waals surface area contributed by atoms with Gasteiger partial charge < -0.3 is 14.9 Å². The lowest BCUT2D eigenvalue weighted by atomic mass is 10.1. The summed E-state index contributed by atoms with van der Waals surface area (Å²) in [6.45, 7) is 0. The fraction of sp³-hybridized carbons (Fsp3) is 0.300. The van der Waals surface area contributed by atoms with Crippen LogP contribution in [0, 0.1) is 11.3 Å². The molecular weight excluding hydrogens is 239 g/mol. The van der Waals surface area contributed by atoms with Gasteiger partial charge in [-0.1, -0.05) is 12.1 Å². The van der Waals surface area contributed by atoms with E-state index in [9.17, 15) is 18.3 Å². The zero-order valence-electron chi connectivity index (χ0n) is 8.35. The Balaban J connectivity index is 2.79. The summed E-state index contributed by atoms with van der Waals surface area (Å²) in [6.07, 6.45) is -7.89. The van der Waals surface area contributed by atoms with Gasteiger partial charge in [-0.15, -0.1) is 13.2 Å². The number of nitriles is 1. The zero-order valence-corrected chi connectivity index (χ0v) is 8.35. The smallest absolute Gasteiger partial charge is 0.406 e. The number of benzene rings is 1. The van der Waals surface area contributed by atoms with Gasteiger partial charge in [0.25, 0.3) is 0 Å². The number of hydrogen-bond donors (Lipinski definition) is 2. The predicted molar refractivity (Wildman–Crippen MR) is 49.7 cm³/mol. The number of hydrogen-bond acceptors (Lipinski definition) is 4. The highest BCUT2D eigenvalue weighted by atomic mass is 19.4. The van der Waals surface area contributed by atoms with E-state index < -0.39 is 24.3 Å². The van der Waals surface area contributed by atoms with Gasteiger partial charge >= 0.3 is 6.36 Å². The van der Waals surface area contributed by atoms with E-state index in [4.69, 9.17) is 10.4 Å². The molecule has 0 bridgehead atoms. The van der Waals surface area contributed by atoms with Crippen LogP contribution in [-0.4, -0.2) is 22.7 Å². The van der Waals surface area contributed by atoms with Crippen molar-refractivity contribution in [2.24, 2.45) is 0 Å². The molecule has 92 valence electrons. The third kappa shape index (κ3) is 3.94. The zero-order chi connectivity index (χ0) is 13.1. The first-order valence-corrected chi connectivity index (χ1v) is 4.45. The Morgan fingerprint density at radius 3 is 2.12 bits per heavy atom. The number of alkyl halides is 3. The number of aliphatic hydroxyl groups is 2. The third-order valence-corrected chi connectivity index (χ3v) is 1.89. The molecule has 0 aliphatic heterocycles. The minimum absolute atomic E-state index is 0.119. The van der Waals surface area contributed by atoms with Gasteiger partial charge in [0.2, 0.25) is 0 Å². The van der Waals surface area contributed by atoms with Crippen molar-refractivity contribution in [2.75, 3.05) is 0 Å². The molecule has 0 aromatic heterocycles. The SMILES string of the molecule is N#CC(O)C(O)c1ccc(OC(F)(F)F)cc1. The lowest BCUT2D eigenvalue weighted by molar-refractivity contribution is -0.274. The van der Waals surface area contributed by atoms with E-state index in [1.54, 1.807) is 0 Å². The molecule has 2 N–H and O–H groups in total. The standard InChI is InChI=1S/C10H8F3NO3/c11-10(12,13)17-7-3-1-6(2-4-7)9(16)8(15)5-14/h1-4,8-9,15-16H. The predicted octanol–water partition coefficient (Wildman–Crippen LogP) is 1.50. The van der Waals surface area contributed by atoms with Crippen molar-refractivity contribution in [1.82, 2.24) is 0 Å². The molecule has 0 spiro atoms.